The van der Waals surface area contributed by atoms with E-state index in [0.29, 0.717) is 19.3 Å². The van der Waals surface area contributed by atoms with Gasteiger partial charge < -0.3 is 14.2 Å². The van der Waals surface area contributed by atoms with E-state index in [-0.39, 0.29) is 38.0 Å². The molecule has 0 radical (unpaired) electrons. The number of hydrogen-bond acceptors (Lipinski definition) is 6. The van der Waals surface area contributed by atoms with Crippen molar-refractivity contribution >= 4 is 17.9 Å². The van der Waals surface area contributed by atoms with Crippen LogP contribution in [0, 0.1) is 0 Å². The first-order valence-corrected chi connectivity index (χ1v) is 27.0. The van der Waals surface area contributed by atoms with Gasteiger partial charge in [0.15, 0.2) is 6.10 Å². The normalized spacial score (nSPS) is 13.4. The van der Waals surface area contributed by atoms with E-state index in [0.717, 1.165) is 109 Å². The predicted molar refractivity (Wildman–Crippen MR) is 297 cm³/mol. The number of carbonyl (C=O) groups excluding carboxylic acids is 3. The number of carbonyl (C=O) groups is 3. The number of esters is 3. The van der Waals surface area contributed by atoms with E-state index in [2.05, 4.69) is 167 Å². The maximum absolute atomic E-state index is 12.8. The van der Waals surface area contributed by atoms with Crippen LogP contribution >= 0.6 is 0 Å². The fraction of sp³-hybridized carbons (Fsp3) is 0.540. The van der Waals surface area contributed by atoms with Crippen LogP contribution < -0.4 is 0 Å². The number of unbranched alkanes of at least 4 members (excludes halogenated alkanes) is 10. The number of hydrogen-bond donors (Lipinski definition) is 0. The van der Waals surface area contributed by atoms with Crippen LogP contribution in [0.5, 0.6) is 0 Å². The van der Waals surface area contributed by atoms with Crippen LogP contribution in [0.4, 0.5) is 0 Å². The Morgan fingerprint density at radius 1 is 0.319 bits per heavy atom. The number of ether oxygens (including phenoxy) is 3. The number of allylic oxidation sites excluding steroid dienone is 25. The van der Waals surface area contributed by atoms with Gasteiger partial charge in [0, 0.05) is 12.8 Å². The second kappa shape index (κ2) is 55.6. The number of rotatable bonds is 46. The summed E-state index contributed by atoms with van der Waals surface area (Å²) in [6, 6.07) is 0. The van der Waals surface area contributed by atoms with Crippen LogP contribution in [0.25, 0.3) is 0 Å². The fourth-order valence-electron chi connectivity index (χ4n) is 6.56. The third-order valence-electron chi connectivity index (χ3n) is 10.5. The van der Waals surface area contributed by atoms with Crippen molar-refractivity contribution in [2.75, 3.05) is 13.2 Å². The Labute approximate surface area is 422 Å². The molecule has 0 aliphatic heterocycles. The summed E-state index contributed by atoms with van der Waals surface area (Å²) in [6.45, 7) is 6.23. The minimum absolute atomic E-state index is 0.0750. The molecule has 384 valence electrons. The second-order valence-corrected chi connectivity index (χ2v) is 17.0. The highest BCUT2D eigenvalue weighted by Crippen LogP contribution is 2.11. The Morgan fingerprint density at radius 2 is 0.623 bits per heavy atom. The Balaban J connectivity index is 4.61. The largest absolute Gasteiger partial charge is 0.462 e. The first-order valence-electron chi connectivity index (χ1n) is 27.0. The summed E-state index contributed by atoms with van der Waals surface area (Å²) in [6.07, 6.45) is 81.2. The Bertz CT molecular complexity index is 1610. The van der Waals surface area contributed by atoms with Gasteiger partial charge in [-0.2, -0.15) is 0 Å². The van der Waals surface area contributed by atoms with Crippen molar-refractivity contribution in [3.8, 4) is 0 Å². The average molecular weight is 949 g/mol. The van der Waals surface area contributed by atoms with Crippen LogP contribution in [0.2, 0.25) is 0 Å². The van der Waals surface area contributed by atoms with Crippen molar-refractivity contribution in [3.63, 3.8) is 0 Å². The fourth-order valence-corrected chi connectivity index (χ4v) is 6.56. The lowest BCUT2D eigenvalue weighted by molar-refractivity contribution is -0.166. The highest BCUT2D eigenvalue weighted by Gasteiger charge is 2.19. The van der Waals surface area contributed by atoms with E-state index >= 15 is 0 Å². The molecule has 69 heavy (non-hydrogen) atoms. The Hall–Kier alpha value is -4.97. The van der Waals surface area contributed by atoms with Crippen LogP contribution in [0.1, 0.15) is 201 Å². The molecule has 0 rings (SSSR count). The molecule has 0 aliphatic rings. The third-order valence-corrected chi connectivity index (χ3v) is 10.5. The van der Waals surface area contributed by atoms with Gasteiger partial charge in [-0.05, 0) is 122 Å². The van der Waals surface area contributed by atoms with Gasteiger partial charge in [-0.25, -0.2) is 0 Å². The predicted octanol–water partition coefficient (Wildman–Crippen LogP) is 18.2. The van der Waals surface area contributed by atoms with Crippen molar-refractivity contribution in [3.05, 3.63) is 158 Å². The van der Waals surface area contributed by atoms with Crippen molar-refractivity contribution < 1.29 is 28.6 Å². The zero-order valence-corrected chi connectivity index (χ0v) is 43.8. The topological polar surface area (TPSA) is 78.9 Å². The molecule has 0 spiro atoms. The van der Waals surface area contributed by atoms with Gasteiger partial charge in [0.05, 0.1) is 6.42 Å². The summed E-state index contributed by atoms with van der Waals surface area (Å²) in [5.74, 6) is -1.16. The molecule has 1 atom stereocenters. The maximum atomic E-state index is 12.8. The summed E-state index contributed by atoms with van der Waals surface area (Å²) in [7, 11) is 0. The molecule has 0 heterocycles. The quantitative estimate of drug-likeness (QED) is 0.0262. The van der Waals surface area contributed by atoms with Gasteiger partial charge in [-0.3, -0.25) is 14.4 Å². The third kappa shape index (κ3) is 53.8. The van der Waals surface area contributed by atoms with Gasteiger partial charge in [-0.1, -0.05) is 217 Å². The Morgan fingerprint density at radius 3 is 1.03 bits per heavy atom. The van der Waals surface area contributed by atoms with Gasteiger partial charge in [0.25, 0.3) is 0 Å². The first kappa shape index (κ1) is 64.0. The molecule has 1 unspecified atom stereocenters. The molecule has 0 aromatic rings. The zero-order valence-electron chi connectivity index (χ0n) is 43.8. The first-order chi connectivity index (χ1) is 34.0. The maximum Gasteiger partial charge on any atom is 0.310 e. The average Bonchev–Trinajstić information content (AvgIpc) is 3.35. The van der Waals surface area contributed by atoms with Crippen molar-refractivity contribution in [2.45, 2.75) is 207 Å². The Kier molecular flexibility index (Phi) is 51.6. The van der Waals surface area contributed by atoms with Crippen molar-refractivity contribution in [1.29, 1.82) is 0 Å². The zero-order chi connectivity index (χ0) is 50.0. The molecule has 0 aromatic heterocycles. The monoisotopic (exact) mass is 949 g/mol. The van der Waals surface area contributed by atoms with Gasteiger partial charge in [0.2, 0.25) is 0 Å². The molecule has 0 fully saturated rings. The van der Waals surface area contributed by atoms with Crippen LogP contribution in [-0.4, -0.2) is 37.2 Å². The molecule has 6 heteroatoms. The van der Waals surface area contributed by atoms with E-state index in [4.69, 9.17) is 14.2 Å². The van der Waals surface area contributed by atoms with E-state index in [9.17, 15) is 14.4 Å². The van der Waals surface area contributed by atoms with Crippen LogP contribution in [0.15, 0.2) is 158 Å². The SMILES string of the molecule is CC/C=C\C/C=C\C/C=C\C/C=C\C/C=C\C/C=C\C/C=C\CCCC(=O)OCC(COC(=O)CCCCCCC/C=C\CCCCCC)OC(=O)C/C=C\C/C=C\C/C=C\C/C=C\C/C=C\CC. The highest BCUT2D eigenvalue weighted by molar-refractivity contribution is 5.72. The summed E-state index contributed by atoms with van der Waals surface area (Å²) in [5, 5.41) is 0. The highest BCUT2D eigenvalue weighted by atomic mass is 16.6. The van der Waals surface area contributed by atoms with E-state index in [1.807, 2.05) is 6.08 Å². The summed E-state index contributed by atoms with van der Waals surface area (Å²) >= 11 is 0. The molecule has 0 saturated heterocycles. The molecule has 0 N–H and O–H groups in total. The summed E-state index contributed by atoms with van der Waals surface area (Å²) in [4.78, 5) is 38.0. The minimum Gasteiger partial charge on any atom is -0.462 e. The lowest BCUT2D eigenvalue weighted by Gasteiger charge is -2.18. The molecule has 0 bridgehead atoms. The second-order valence-electron chi connectivity index (χ2n) is 17.0. The lowest BCUT2D eigenvalue weighted by atomic mass is 10.1. The molecular weight excluding hydrogens is 853 g/mol. The molecule has 0 amide bonds. The summed E-state index contributed by atoms with van der Waals surface area (Å²) < 4.78 is 16.6. The standard InChI is InChI=1S/C63H96O6/c1-4-7-10-13-16-19-22-25-27-28-29-30-31-32-33-34-36-38-41-44-47-50-53-56-62(65)68-59-60(58-67-61(64)55-52-49-46-43-40-37-24-21-18-15-12-9-6-3)69-63(66)57-54-51-48-45-42-39-35-26-23-20-17-14-11-8-5-2/h7-8,10-11,16-17,19-21,24-27,29-30,32-33,35-36,38,42,44-45,47,51,54,60H,4-6,9,12-15,18,22-23,28,31,34,37,39-41,43,46,48-50,52-53,55-59H2,1-3H3/b10-7-,11-8-,19-16-,20-17-,24-21-,27-25-,30-29-,33-32-,35-26-,38-36-,45-42-,47-44-,54-51-. The van der Waals surface area contributed by atoms with E-state index in [1.54, 1.807) is 6.08 Å². The van der Waals surface area contributed by atoms with Crippen molar-refractivity contribution in [2.24, 2.45) is 0 Å². The molecule has 0 aliphatic carbocycles. The molecule has 6 nitrogen and oxygen atoms in total. The van der Waals surface area contributed by atoms with Crippen LogP contribution in [0.3, 0.4) is 0 Å². The van der Waals surface area contributed by atoms with Gasteiger partial charge in [-0.15, -0.1) is 0 Å². The van der Waals surface area contributed by atoms with Gasteiger partial charge >= 0.3 is 17.9 Å². The minimum atomic E-state index is -0.867. The lowest BCUT2D eigenvalue weighted by Crippen LogP contribution is -2.30. The molecule has 0 aromatic carbocycles. The molecular formula is C63H96O6. The van der Waals surface area contributed by atoms with E-state index < -0.39 is 12.1 Å². The van der Waals surface area contributed by atoms with Gasteiger partial charge in [0.1, 0.15) is 13.2 Å². The van der Waals surface area contributed by atoms with Crippen molar-refractivity contribution in [1.82, 2.24) is 0 Å². The molecule has 0 saturated carbocycles. The summed E-state index contributed by atoms with van der Waals surface area (Å²) in [5.41, 5.74) is 0. The van der Waals surface area contributed by atoms with E-state index in [1.165, 1.54) is 38.5 Å². The smallest absolute Gasteiger partial charge is 0.310 e. The van der Waals surface area contributed by atoms with Crippen LogP contribution in [-0.2, 0) is 28.6 Å².